The molecule has 0 saturated heterocycles. The van der Waals surface area contributed by atoms with Crippen LogP contribution in [0.25, 0.3) is 0 Å². The van der Waals surface area contributed by atoms with E-state index in [4.69, 9.17) is 32.4 Å². The molecule has 27 heavy (non-hydrogen) atoms. The van der Waals surface area contributed by atoms with E-state index in [2.05, 4.69) is 4.90 Å². The zero-order valence-corrected chi connectivity index (χ0v) is 16.2. The second-order valence-electron chi connectivity index (χ2n) is 6.29. The number of ether oxygens (including phenoxy) is 1. The standard InChI is InChI=1S/C21H21Cl2NO3/c22-17-5-3-16(4-6-17)12-24(14-21-2-1-11-26-21)13-19(25)15-27-20-9-7-18(23)8-10-20/h1-11,19,25H,12-15H2/t19-/m0/s1. The van der Waals surface area contributed by atoms with Crippen molar-refractivity contribution in [3.63, 3.8) is 0 Å². The van der Waals surface area contributed by atoms with Gasteiger partial charge in [0.15, 0.2) is 0 Å². The monoisotopic (exact) mass is 405 g/mol. The first-order valence-corrected chi connectivity index (χ1v) is 9.40. The lowest BCUT2D eigenvalue weighted by atomic mass is 10.2. The van der Waals surface area contributed by atoms with Gasteiger partial charge in [-0.2, -0.15) is 0 Å². The van der Waals surface area contributed by atoms with E-state index in [1.165, 1.54) is 0 Å². The van der Waals surface area contributed by atoms with E-state index in [1.807, 2.05) is 36.4 Å². The summed E-state index contributed by atoms with van der Waals surface area (Å²) in [6.45, 7) is 1.89. The van der Waals surface area contributed by atoms with Crippen molar-refractivity contribution in [3.05, 3.63) is 88.3 Å². The molecule has 1 heterocycles. The van der Waals surface area contributed by atoms with Crippen molar-refractivity contribution in [3.8, 4) is 5.75 Å². The second kappa shape index (κ2) is 9.81. The first-order chi connectivity index (χ1) is 13.1. The van der Waals surface area contributed by atoms with Crippen LogP contribution in [0.3, 0.4) is 0 Å². The maximum absolute atomic E-state index is 10.4. The van der Waals surface area contributed by atoms with Gasteiger partial charge >= 0.3 is 0 Å². The fourth-order valence-electron chi connectivity index (χ4n) is 2.73. The topological polar surface area (TPSA) is 45.8 Å². The van der Waals surface area contributed by atoms with Gasteiger partial charge in [-0.15, -0.1) is 0 Å². The summed E-state index contributed by atoms with van der Waals surface area (Å²) in [5.74, 6) is 1.52. The van der Waals surface area contributed by atoms with Crippen molar-refractivity contribution >= 4 is 23.2 Å². The SMILES string of the molecule is O[C@H](COc1ccc(Cl)cc1)CN(Cc1ccc(Cl)cc1)Cc1ccco1. The van der Waals surface area contributed by atoms with E-state index in [9.17, 15) is 5.11 Å². The molecule has 1 aromatic heterocycles. The van der Waals surface area contributed by atoms with Gasteiger partial charge < -0.3 is 14.3 Å². The Morgan fingerprint density at radius 2 is 1.59 bits per heavy atom. The van der Waals surface area contributed by atoms with Gasteiger partial charge in [0.1, 0.15) is 24.2 Å². The summed E-state index contributed by atoms with van der Waals surface area (Å²) in [7, 11) is 0. The molecule has 0 spiro atoms. The average Bonchev–Trinajstić information content (AvgIpc) is 3.16. The van der Waals surface area contributed by atoms with Crippen molar-refractivity contribution in [1.29, 1.82) is 0 Å². The first kappa shape index (κ1) is 19.8. The highest BCUT2D eigenvalue weighted by Gasteiger charge is 2.15. The summed E-state index contributed by atoms with van der Waals surface area (Å²) < 4.78 is 11.1. The number of nitrogens with zero attached hydrogens (tertiary/aromatic N) is 1. The number of hydrogen-bond acceptors (Lipinski definition) is 4. The van der Waals surface area contributed by atoms with Crippen molar-refractivity contribution in [2.75, 3.05) is 13.2 Å². The van der Waals surface area contributed by atoms with E-state index >= 15 is 0 Å². The summed E-state index contributed by atoms with van der Waals surface area (Å²) >= 11 is 11.8. The Morgan fingerprint density at radius 3 is 2.22 bits per heavy atom. The normalized spacial score (nSPS) is 12.3. The van der Waals surface area contributed by atoms with Crippen LogP contribution >= 0.6 is 23.2 Å². The zero-order chi connectivity index (χ0) is 19.1. The molecule has 0 amide bonds. The van der Waals surface area contributed by atoms with Crippen LogP contribution in [0.15, 0.2) is 71.3 Å². The molecule has 1 atom stereocenters. The lowest BCUT2D eigenvalue weighted by Crippen LogP contribution is -2.35. The fraction of sp³-hybridized carbons (Fsp3) is 0.238. The molecule has 0 bridgehead atoms. The smallest absolute Gasteiger partial charge is 0.119 e. The Morgan fingerprint density at radius 1 is 0.926 bits per heavy atom. The highest BCUT2D eigenvalue weighted by atomic mass is 35.5. The Bertz CT molecular complexity index is 804. The van der Waals surface area contributed by atoms with Crippen LogP contribution in [-0.4, -0.2) is 29.3 Å². The van der Waals surface area contributed by atoms with Gasteiger partial charge in [0.25, 0.3) is 0 Å². The molecule has 0 aliphatic carbocycles. The van der Waals surface area contributed by atoms with Crippen LogP contribution in [-0.2, 0) is 13.1 Å². The van der Waals surface area contributed by atoms with Crippen molar-refractivity contribution < 1.29 is 14.3 Å². The van der Waals surface area contributed by atoms with E-state index in [0.717, 1.165) is 11.3 Å². The number of aliphatic hydroxyl groups is 1. The van der Waals surface area contributed by atoms with Gasteiger partial charge in [-0.3, -0.25) is 4.90 Å². The number of aliphatic hydroxyl groups excluding tert-OH is 1. The predicted molar refractivity (Wildman–Crippen MR) is 107 cm³/mol. The molecule has 0 saturated carbocycles. The van der Waals surface area contributed by atoms with Gasteiger partial charge in [-0.1, -0.05) is 35.3 Å². The highest BCUT2D eigenvalue weighted by molar-refractivity contribution is 6.30. The third-order valence-electron chi connectivity index (χ3n) is 4.00. The second-order valence-corrected chi connectivity index (χ2v) is 7.17. The van der Waals surface area contributed by atoms with Gasteiger partial charge in [-0.25, -0.2) is 0 Å². The van der Waals surface area contributed by atoms with Gasteiger partial charge in [-0.05, 0) is 54.1 Å². The summed E-state index contributed by atoms with van der Waals surface area (Å²) in [5.41, 5.74) is 1.11. The quantitative estimate of drug-likeness (QED) is 0.542. The molecule has 0 unspecified atom stereocenters. The molecular formula is C21H21Cl2NO3. The minimum atomic E-state index is -0.650. The molecule has 0 fully saturated rings. The molecule has 0 radical (unpaired) electrons. The molecule has 1 N–H and O–H groups in total. The van der Waals surface area contributed by atoms with Gasteiger partial charge in [0.05, 0.1) is 12.8 Å². The largest absolute Gasteiger partial charge is 0.491 e. The van der Waals surface area contributed by atoms with Crippen molar-refractivity contribution in [1.82, 2.24) is 4.90 Å². The molecule has 4 nitrogen and oxygen atoms in total. The maximum Gasteiger partial charge on any atom is 0.119 e. The number of benzene rings is 2. The van der Waals surface area contributed by atoms with Crippen LogP contribution in [0, 0.1) is 0 Å². The van der Waals surface area contributed by atoms with E-state index in [0.29, 0.717) is 35.4 Å². The summed E-state index contributed by atoms with van der Waals surface area (Å²) in [5, 5.41) is 11.8. The summed E-state index contributed by atoms with van der Waals surface area (Å²) in [6, 6.07) is 18.5. The predicted octanol–water partition coefficient (Wildman–Crippen LogP) is 5.03. The number of hydrogen-bond donors (Lipinski definition) is 1. The van der Waals surface area contributed by atoms with Crippen LogP contribution in [0.2, 0.25) is 10.0 Å². The van der Waals surface area contributed by atoms with Crippen molar-refractivity contribution in [2.24, 2.45) is 0 Å². The third kappa shape index (κ3) is 6.60. The summed E-state index contributed by atoms with van der Waals surface area (Å²) in [6.07, 6.45) is 0.999. The Labute approximate surface area is 168 Å². The van der Waals surface area contributed by atoms with Crippen molar-refractivity contribution in [2.45, 2.75) is 19.2 Å². The highest BCUT2D eigenvalue weighted by Crippen LogP contribution is 2.17. The molecule has 6 heteroatoms. The molecule has 0 aliphatic heterocycles. The Kier molecular flexibility index (Phi) is 7.18. The van der Waals surface area contributed by atoms with Crippen LogP contribution < -0.4 is 4.74 Å². The first-order valence-electron chi connectivity index (χ1n) is 8.64. The molecule has 2 aromatic carbocycles. The average molecular weight is 406 g/mol. The van der Waals surface area contributed by atoms with Crippen LogP contribution in [0.1, 0.15) is 11.3 Å². The van der Waals surface area contributed by atoms with Gasteiger partial charge in [0, 0.05) is 23.1 Å². The zero-order valence-electron chi connectivity index (χ0n) is 14.7. The summed E-state index contributed by atoms with van der Waals surface area (Å²) in [4.78, 5) is 2.11. The van der Waals surface area contributed by atoms with Crippen LogP contribution in [0.5, 0.6) is 5.75 Å². The minimum absolute atomic E-state index is 0.191. The Balaban J connectivity index is 1.59. The number of furan rings is 1. The van der Waals surface area contributed by atoms with E-state index in [-0.39, 0.29) is 6.61 Å². The maximum atomic E-state index is 10.4. The van der Waals surface area contributed by atoms with Gasteiger partial charge in [0.2, 0.25) is 0 Å². The fourth-order valence-corrected chi connectivity index (χ4v) is 2.98. The molecule has 3 rings (SSSR count). The minimum Gasteiger partial charge on any atom is -0.491 e. The van der Waals surface area contributed by atoms with E-state index in [1.54, 1.807) is 30.5 Å². The number of halogens is 2. The molecule has 3 aromatic rings. The molecular weight excluding hydrogens is 385 g/mol. The van der Waals surface area contributed by atoms with E-state index < -0.39 is 6.10 Å². The lowest BCUT2D eigenvalue weighted by Gasteiger charge is -2.24. The Hall–Kier alpha value is -1.98. The molecule has 0 aliphatic rings. The molecule has 142 valence electrons. The third-order valence-corrected chi connectivity index (χ3v) is 4.51. The lowest BCUT2D eigenvalue weighted by molar-refractivity contribution is 0.0605. The van der Waals surface area contributed by atoms with Crippen LogP contribution in [0.4, 0.5) is 0 Å². The number of rotatable bonds is 9.